The van der Waals surface area contributed by atoms with E-state index in [1.807, 2.05) is 31.9 Å². The third-order valence-corrected chi connectivity index (χ3v) is 5.16. The molecule has 26 heavy (non-hydrogen) atoms. The standard InChI is InChI=1S/C18H28N6O2/c1-5-24-8-6-7-14(16(24)15-9-19-23(4)11-15)10-22(3)18(25)20-17-13(2)12-26-21-17/h9,11-12,14,16H,5-8,10H2,1-4H3,(H,20,21,25)/t14-,16+/m0/s1. The highest BCUT2D eigenvalue weighted by Crippen LogP contribution is 2.36. The number of rotatable bonds is 5. The number of nitrogens with zero attached hydrogens (tertiary/aromatic N) is 5. The van der Waals surface area contributed by atoms with Gasteiger partial charge in [-0.1, -0.05) is 12.1 Å². The highest BCUT2D eigenvalue weighted by Gasteiger charge is 2.34. The molecule has 142 valence electrons. The van der Waals surface area contributed by atoms with Crippen LogP contribution in [0.25, 0.3) is 0 Å². The zero-order chi connectivity index (χ0) is 18.7. The SMILES string of the molecule is CCN1CCC[C@@H](CN(C)C(=O)Nc2nocc2C)[C@@H]1c1cnn(C)c1. The molecule has 8 nitrogen and oxygen atoms in total. The number of anilines is 1. The van der Waals surface area contributed by atoms with Crippen molar-refractivity contribution < 1.29 is 9.32 Å². The van der Waals surface area contributed by atoms with Gasteiger partial charge in [0, 0.05) is 44.0 Å². The molecule has 0 radical (unpaired) electrons. The van der Waals surface area contributed by atoms with Crippen LogP contribution in [0.5, 0.6) is 0 Å². The Kier molecular flexibility index (Phi) is 5.61. The molecule has 0 unspecified atom stereocenters. The van der Waals surface area contributed by atoms with Crippen molar-refractivity contribution in [2.24, 2.45) is 13.0 Å². The first-order valence-corrected chi connectivity index (χ1v) is 9.15. The minimum Gasteiger partial charge on any atom is -0.362 e. The van der Waals surface area contributed by atoms with E-state index < -0.39 is 0 Å². The smallest absolute Gasteiger partial charge is 0.322 e. The Balaban J connectivity index is 1.71. The summed E-state index contributed by atoms with van der Waals surface area (Å²) in [4.78, 5) is 16.8. The summed E-state index contributed by atoms with van der Waals surface area (Å²) in [5, 5.41) is 11.0. The van der Waals surface area contributed by atoms with Gasteiger partial charge in [0.05, 0.1) is 6.20 Å². The number of carbonyl (C=O) groups excluding carboxylic acids is 1. The number of nitrogens with one attached hydrogen (secondary N) is 1. The van der Waals surface area contributed by atoms with E-state index in [0.29, 0.717) is 18.3 Å². The van der Waals surface area contributed by atoms with Crippen LogP contribution in [0.15, 0.2) is 23.2 Å². The Hall–Kier alpha value is -2.35. The number of aryl methyl sites for hydroxylation is 2. The second kappa shape index (κ2) is 7.90. The number of amides is 2. The first-order chi connectivity index (χ1) is 12.5. The van der Waals surface area contributed by atoms with Crippen molar-refractivity contribution in [2.75, 3.05) is 32.0 Å². The topological polar surface area (TPSA) is 79.4 Å². The lowest BCUT2D eigenvalue weighted by Crippen LogP contribution is -2.44. The van der Waals surface area contributed by atoms with Gasteiger partial charge in [0.15, 0.2) is 5.82 Å². The molecule has 2 aromatic rings. The van der Waals surface area contributed by atoms with Crippen LogP contribution in [0.1, 0.15) is 36.9 Å². The third-order valence-electron chi connectivity index (χ3n) is 5.16. The van der Waals surface area contributed by atoms with Crippen LogP contribution in [0.3, 0.4) is 0 Å². The van der Waals surface area contributed by atoms with Crippen LogP contribution in [-0.4, -0.2) is 57.5 Å². The molecule has 1 N–H and O–H groups in total. The third kappa shape index (κ3) is 3.90. The Labute approximate surface area is 154 Å². The van der Waals surface area contributed by atoms with Crippen molar-refractivity contribution in [3.63, 3.8) is 0 Å². The molecule has 1 fully saturated rings. The molecule has 1 aliphatic rings. The molecule has 3 heterocycles. The average molecular weight is 360 g/mol. The summed E-state index contributed by atoms with van der Waals surface area (Å²) in [5.41, 5.74) is 2.04. The van der Waals surface area contributed by atoms with E-state index in [-0.39, 0.29) is 12.1 Å². The predicted molar refractivity (Wildman–Crippen MR) is 98.8 cm³/mol. The van der Waals surface area contributed by atoms with E-state index in [4.69, 9.17) is 4.52 Å². The quantitative estimate of drug-likeness (QED) is 0.887. The molecule has 3 rings (SSSR count). The molecular weight excluding hydrogens is 332 g/mol. The molecule has 0 spiro atoms. The van der Waals surface area contributed by atoms with E-state index in [0.717, 1.165) is 31.5 Å². The van der Waals surface area contributed by atoms with Crippen LogP contribution in [0.4, 0.5) is 10.6 Å². The summed E-state index contributed by atoms with van der Waals surface area (Å²) < 4.78 is 6.73. The molecule has 2 atom stereocenters. The van der Waals surface area contributed by atoms with Gasteiger partial charge in [-0.05, 0) is 38.8 Å². The summed E-state index contributed by atoms with van der Waals surface area (Å²) >= 11 is 0. The molecule has 1 aliphatic heterocycles. The number of hydrogen-bond donors (Lipinski definition) is 1. The van der Waals surface area contributed by atoms with E-state index >= 15 is 0 Å². The fraction of sp³-hybridized carbons (Fsp3) is 0.611. The molecule has 8 heteroatoms. The van der Waals surface area contributed by atoms with Crippen molar-refractivity contribution >= 4 is 11.8 Å². The zero-order valence-electron chi connectivity index (χ0n) is 16.0. The molecule has 1 saturated heterocycles. The van der Waals surface area contributed by atoms with Crippen LogP contribution in [0.2, 0.25) is 0 Å². The normalized spacial score (nSPS) is 20.9. The second-order valence-electron chi connectivity index (χ2n) is 7.08. The lowest BCUT2D eigenvalue weighted by molar-refractivity contribution is 0.0828. The van der Waals surface area contributed by atoms with Crippen molar-refractivity contribution in [3.05, 3.63) is 29.8 Å². The van der Waals surface area contributed by atoms with Crippen molar-refractivity contribution in [1.82, 2.24) is 24.7 Å². The van der Waals surface area contributed by atoms with E-state index in [1.165, 1.54) is 11.8 Å². The molecule has 2 amide bonds. The average Bonchev–Trinajstić information content (AvgIpc) is 3.23. The summed E-state index contributed by atoms with van der Waals surface area (Å²) in [7, 11) is 3.77. The number of piperidine rings is 1. The summed E-state index contributed by atoms with van der Waals surface area (Å²) in [6, 6.07) is 0.118. The Bertz CT molecular complexity index is 740. The maximum atomic E-state index is 12.5. The van der Waals surface area contributed by atoms with Gasteiger partial charge in [-0.3, -0.25) is 14.9 Å². The maximum absolute atomic E-state index is 12.5. The minimum absolute atomic E-state index is 0.166. The predicted octanol–water partition coefficient (Wildman–Crippen LogP) is 2.65. The monoisotopic (exact) mass is 360 g/mol. The Morgan fingerprint density at radius 1 is 1.50 bits per heavy atom. The van der Waals surface area contributed by atoms with Gasteiger partial charge in [0.1, 0.15) is 6.26 Å². The molecule has 0 aromatic carbocycles. The largest absolute Gasteiger partial charge is 0.362 e. The first-order valence-electron chi connectivity index (χ1n) is 9.15. The summed E-state index contributed by atoms with van der Waals surface area (Å²) in [6.45, 7) is 6.80. The highest BCUT2D eigenvalue weighted by molar-refractivity contribution is 5.88. The van der Waals surface area contributed by atoms with Crippen LogP contribution in [0, 0.1) is 12.8 Å². The van der Waals surface area contributed by atoms with Crippen LogP contribution >= 0.6 is 0 Å². The summed E-state index contributed by atoms with van der Waals surface area (Å²) in [6.07, 6.45) is 7.80. The minimum atomic E-state index is -0.166. The number of urea groups is 1. The van der Waals surface area contributed by atoms with E-state index in [1.54, 1.807) is 4.90 Å². The van der Waals surface area contributed by atoms with Gasteiger partial charge in [-0.15, -0.1) is 0 Å². The molecular formula is C18H28N6O2. The fourth-order valence-electron chi connectivity index (χ4n) is 3.81. The molecule has 0 bridgehead atoms. The number of likely N-dealkylation sites (tertiary alicyclic amines) is 1. The van der Waals surface area contributed by atoms with Gasteiger partial charge in [0.2, 0.25) is 0 Å². The number of hydrogen-bond acceptors (Lipinski definition) is 5. The summed E-state index contributed by atoms with van der Waals surface area (Å²) in [5.74, 6) is 0.839. The number of carbonyl (C=O) groups is 1. The van der Waals surface area contributed by atoms with E-state index in [9.17, 15) is 4.79 Å². The first kappa shape index (κ1) is 18.4. The van der Waals surface area contributed by atoms with Crippen LogP contribution < -0.4 is 5.32 Å². The van der Waals surface area contributed by atoms with Crippen molar-refractivity contribution in [2.45, 2.75) is 32.7 Å². The number of aromatic nitrogens is 3. The van der Waals surface area contributed by atoms with Gasteiger partial charge < -0.3 is 9.42 Å². The van der Waals surface area contributed by atoms with Gasteiger partial charge in [0.25, 0.3) is 0 Å². The van der Waals surface area contributed by atoms with E-state index in [2.05, 4.69) is 33.6 Å². The maximum Gasteiger partial charge on any atom is 0.322 e. The molecule has 0 aliphatic carbocycles. The highest BCUT2D eigenvalue weighted by atomic mass is 16.5. The molecule has 0 saturated carbocycles. The molecule has 2 aromatic heterocycles. The Morgan fingerprint density at radius 3 is 2.92 bits per heavy atom. The van der Waals surface area contributed by atoms with Gasteiger partial charge >= 0.3 is 6.03 Å². The second-order valence-corrected chi connectivity index (χ2v) is 7.08. The lowest BCUT2D eigenvalue weighted by Gasteiger charge is -2.41. The van der Waals surface area contributed by atoms with Crippen molar-refractivity contribution in [3.8, 4) is 0 Å². The lowest BCUT2D eigenvalue weighted by atomic mass is 9.85. The van der Waals surface area contributed by atoms with Crippen molar-refractivity contribution in [1.29, 1.82) is 0 Å². The van der Waals surface area contributed by atoms with Gasteiger partial charge in [-0.25, -0.2) is 4.79 Å². The fourth-order valence-corrected chi connectivity index (χ4v) is 3.81. The van der Waals surface area contributed by atoms with Crippen LogP contribution in [-0.2, 0) is 7.05 Å². The Morgan fingerprint density at radius 2 is 2.31 bits per heavy atom. The zero-order valence-corrected chi connectivity index (χ0v) is 16.0. The van der Waals surface area contributed by atoms with Gasteiger partial charge in [-0.2, -0.15) is 5.10 Å².